The van der Waals surface area contributed by atoms with Crippen molar-refractivity contribution in [3.8, 4) is 0 Å². The molecule has 1 aliphatic carbocycles. The minimum Gasteiger partial charge on any atom is -0.372 e. The van der Waals surface area contributed by atoms with Gasteiger partial charge in [-0.05, 0) is 68.5 Å². The summed E-state index contributed by atoms with van der Waals surface area (Å²) >= 11 is 0. The highest BCUT2D eigenvalue weighted by atomic mass is 16.2. The molecule has 2 aliphatic heterocycles. The van der Waals surface area contributed by atoms with Crippen LogP contribution in [0.3, 0.4) is 0 Å². The van der Waals surface area contributed by atoms with E-state index in [0.29, 0.717) is 37.8 Å². The summed E-state index contributed by atoms with van der Waals surface area (Å²) in [5.41, 5.74) is 2.72. The zero-order valence-corrected chi connectivity index (χ0v) is 20.4. The first-order valence-corrected chi connectivity index (χ1v) is 13.0. The number of fused-ring (bicyclic) bond motifs is 1. The second-order valence-corrected chi connectivity index (χ2v) is 9.85. The van der Waals surface area contributed by atoms with Crippen molar-refractivity contribution in [2.45, 2.75) is 32.1 Å². The van der Waals surface area contributed by atoms with Gasteiger partial charge in [-0.15, -0.1) is 5.10 Å². The molecule has 2 saturated heterocycles. The third-order valence-electron chi connectivity index (χ3n) is 7.25. The molecular weight excluding hydrogens is 456 g/mol. The van der Waals surface area contributed by atoms with Crippen molar-refractivity contribution in [2.75, 3.05) is 59.7 Å². The van der Waals surface area contributed by atoms with E-state index in [2.05, 4.69) is 42.6 Å². The molecule has 10 heteroatoms. The van der Waals surface area contributed by atoms with Crippen LogP contribution in [0.25, 0.3) is 5.65 Å². The molecule has 1 saturated carbocycles. The van der Waals surface area contributed by atoms with Gasteiger partial charge in [0.2, 0.25) is 11.9 Å². The normalized spacial score (nSPS) is 18.4. The number of nitrogens with zero attached hydrogens (tertiary/aromatic N) is 6. The Bertz CT molecular complexity index is 1240. The number of rotatable bonds is 5. The molecule has 3 aliphatic rings. The Morgan fingerprint density at radius 3 is 2.28 bits per heavy atom. The number of hydrogen-bond acceptors (Lipinski definition) is 6. The average molecular weight is 489 g/mol. The van der Waals surface area contributed by atoms with Gasteiger partial charge in [-0.25, -0.2) is 4.79 Å². The van der Waals surface area contributed by atoms with Gasteiger partial charge in [-0.3, -0.25) is 10.1 Å². The quantitative estimate of drug-likeness (QED) is 0.571. The van der Waals surface area contributed by atoms with Crippen molar-refractivity contribution in [1.82, 2.24) is 19.5 Å². The molecule has 36 heavy (non-hydrogen) atoms. The zero-order chi connectivity index (χ0) is 24.5. The van der Waals surface area contributed by atoms with E-state index in [4.69, 9.17) is 0 Å². The van der Waals surface area contributed by atoms with E-state index in [9.17, 15) is 9.59 Å². The van der Waals surface area contributed by atoms with Crippen LogP contribution in [-0.2, 0) is 4.79 Å². The number of benzene rings is 1. The molecule has 3 amide bonds. The van der Waals surface area contributed by atoms with Crippen molar-refractivity contribution in [3.05, 3.63) is 42.5 Å². The number of carbonyl (C=O) groups excluding carboxylic acids is 2. The summed E-state index contributed by atoms with van der Waals surface area (Å²) in [7, 11) is 0. The lowest BCUT2D eigenvalue weighted by atomic mass is 10.1. The van der Waals surface area contributed by atoms with E-state index < -0.39 is 0 Å². The van der Waals surface area contributed by atoms with Gasteiger partial charge < -0.3 is 20.0 Å². The monoisotopic (exact) mass is 488 g/mol. The molecule has 6 rings (SSSR count). The number of nitrogens with one attached hydrogen (secondary N) is 2. The largest absolute Gasteiger partial charge is 0.372 e. The van der Waals surface area contributed by atoms with E-state index in [1.807, 2.05) is 35.2 Å². The van der Waals surface area contributed by atoms with Gasteiger partial charge in [-0.1, -0.05) is 6.07 Å². The fourth-order valence-corrected chi connectivity index (χ4v) is 4.99. The molecule has 3 fully saturated rings. The van der Waals surface area contributed by atoms with Gasteiger partial charge >= 0.3 is 6.03 Å². The lowest BCUT2D eigenvalue weighted by Gasteiger charge is -2.35. The molecule has 10 nitrogen and oxygen atoms in total. The molecule has 4 heterocycles. The fraction of sp³-hybridized carbons (Fsp3) is 0.462. The van der Waals surface area contributed by atoms with E-state index in [0.717, 1.165) is 37.4 Å². The summed E-state index contributed by atoms with van der Waals surface area (Å²) in [5, 5.41) is 10.4. The standard InChI is InChI=1S/C26H32N8O2/c35-24(19-7-8-19)29-25-28-22-5-4-6-23(34(22)30-25)32-15-17-33(18-16-32)26(36)27-20-9-11-21(12-10-20)31-13-2-1-3-14-31/h4-6,9-12,19H,1-3,7-8,13-18H2,(H,27,36)(H,29,30,35). The molecule has 0 spiro atoms. The topological polar surface area (TPSA) is 98.1 Å². The third kappa shape index (κ3) is 4.80. The molecule has 2 N–H and O–H groups in total. The third-order valence-corrected chi connectivity index (χ3v) is 7.25. The highest BCUT2D eigenvalue weighted by Crippen LogP contribution is 2.30. The number of anilines is 4. The number of pyridine rings is 1. The molecule has 2 aromatic heterocycles. The van der Waals surface area contributed by atoms with Crippen LogP contribution in [0.4, 0.5) is 27.9 Å². The maximum absolute atomic E-state index is 12.9. The number of carbonyl (C=O) groups is 2. The maximum Gasteiger partial charge on any atom is 0.321 e. The molecule has 0 unspecified atom stereocenters. The second kappa shape index (κ2) is 9.67. The maximum atomic E-state index is 12.9. The molecule has 1 aromatic carbocycles. The van der Waals surface area contributed by atoms with E-state index in [1.165, 1.54) is 24.9 Å². The minimum atomic E-state index is -0.0792. The van der Waals surface area contributed by atoms with E-state index in [-0.39, 0.29) is 17.9 Å². The van der Waals surface area contributed by atoms with Crippen molar-refractivity contribution in [1.29, 1.82) is 0 Å². The van der Waals surface area contributed by atoms with Crippen LogP contribution in [0.5, 0.6) is 0 Å². The Balaban J connectivity index is 1.06. The smallest absolute Gasteiger partial charge is 0.321 e. The molecule has 188 valence electrons. The minimum absolute atomic E-state index is 0.00628. The van der Waals surface area contributed by atoms with Crippen molar-refractivity contribution in [2.24, 2.45) is 5.92 Å². The molecule has 0 atom stereocenters. The zero-order valence-electron chi connectivity index (χ0n) is 20.4. The Morgan fingerprint density at radius 2 is 1.56 bits per heavy atom. The van der Waals surface area contributed by atoms with Crippen molar-refractivity contribution in [3.63, 3.8) is 0 Å². The van der Waals surface area contributed by atoms with Gasteiger partial charge in [0.25, 0.3) is 0 Å². The van der Waals surface area contributed by atoms with Gasteiger partial charge in [0.15, 0.2) is 5.65 Å². The molecular formula is C26H32N8O2. The van der Waals surface area contributed by atoms with Crippen molar-refractivity contribution >= 4 is 40.7 Å². The van der Waals surface area contributed by atoms with Gasteiger partial charge in [0, 0.05) is 56.6 Å². The number of hydrogen-bond donors (Lipinski definition) is 2. The van der Waals surface area contributed by atoms with Crippen LogP contribution in [0.2, 0.25) is 0 Å². The predicted octanol–water partition coefficient (Wildman–Crippen LogP) is 3.42. The summed E-state index contributed by atoms with van der Waals surface area (Å²) < 4.78 is 1.77. The summed E-state index contributed by atoms with van der Waals surface area (Å²) in [6.07, 6.45) is 5.67. The van der Waals surface area contributed by atoms with Crippen LogP contribution in [0, 0.1) is 5.92 Å². The number of piperazine rings is 1. The van der Waals surface area contributed by atoms with Crippen LogP contribution in [0.15, 0.2) is 42.5 Å². The second-order valence-electron chi connectivity index (χ2n) is 9.85. The average Bonchev–Trinajstić information content (AvgIpc) is 3.69. The summed E-state index contributed by atoms with van der Waals surface area (Å²) in [5.74, 6) is 1.33. The first-order valence-electron chi connectivity index (χ1n) is 13.0. The molecule has 0 radical (unpaired) electrons. The van der Waals surface area contributed by atoms with Crippen molar-refractivity contribution < 1.29 is 9.59 Å². The highest BCUT2D eigenvalue weighted by Gasteiger charge is 2.30. The highest BCUT2D eigenvalue weighted by molar-refractivity contribution is 5.92. The van der Waals surface area contributed by atoms with Gasteiger partial charge in [0.05, 0.1) is 0 Å². The van der Waals surface area contributed by atoms with Crippen LogP contribution in [-0.4, -0.2) is 70.7 Å². The Hall–Kier alpha value is -3.82. The number of piperidine rings is 1. The van der Waals surface area contributed by atoms with Crippen LogP contribution in [0.1, 0.15) is 32.1 Å². The molecule has 3 aromatic rings. The lowest BCUT2D eigenvalue weighted by Crippen LogP contribution is -2.50. The van der Waals surface area contributed by atoms with Crippen LogP contribution >= 0.6 is 0 Å². The van der Waals surface area contributed by atoms with Gasteiger partial charge in [-0.2, -0.15) is 9.50 Å². The Morgan fingerprint density at radius 1 is 0.806 bits per heavy atom. The predicted molar refractivity (Wildman–Crippen MR) is 140 cm³/mol. The summed E-state index contributed by atoms with van der Waals surface area (Å²) in [4.78, 5) is 35.9. The Labute approximate surface area is 210 Å². The summed E-state index contributed by atoms with van der Waals surface area (Å²) in [6.45, 7) is 4.79. The van der Waals surface area contributed by atoms with E-state index >= 15 is 0 Å². The first kappa shape index (κ1) is 22.6. The molecule has 0 bridgehead atoms. The van der Waals surface area contributed by atoms with Crippen LogP contribution < -0.4 is 20.4 Å². The number of amides is 3. The number of urea groups is 1. The lowest BCUT2D eigenvalue weighted by molar-refractivity contribution is -0.117. The first-order chi connectivity index (χ1) is 17.6. The number of aromatic nitrogens is 3. The summed E-state index contributed by atoms with van der Waals surface area (Å²) in [6, 6.07) is 13.9. The Kier molecular flexibility index (Phi) is 6.08. The SMILES string of the molecule is O=C(Nc1nc2cccc(N3CCN(C(=O)Nc4ccc(N5CCCCC5)cc4)CC3)n2n1)C1CC1. The van der Waals surface area contributed by atoms with Gasteiger partial charge in [0.1, 0.15) is 5.82 Å². The fourth-order valence-electron chi connectivity index (χ4n) is 4.99. The van der Waals surface area contributed by atoms with E-state index in [1.54, 1.807) is 4.52 Å².